The van der Waals surface area contributed by atoms with Crippen LogP contribution in [0.3, 0.4) is 0 Å². The van der Waals surface area contributed by atoms with E-state index in [1.165, 1.54) is 43.5 Å². The van der Waals surface area contributed by atoms with Crippen LogP contribution >= 0.6 is 0 Å². The molecule has 0 saturated heterocycles. The summed E-state index contributed by atoms with van der Waals surface area (Å²) in [4.78, 5) is 24.4. The van der Waals surface area contributed by atoms with E-state index < -0.39 is 29.2 Å². The van der Waals surface area contributed by atoms with Gasteiger partial charge in [-0.1, -0.05) is 18.2 Å². The average Bonchev–Trinajstić information content (AvgIpc) is 3.18. The van der Waals surface area contributed by atoms with Gasteiger partial charge in [-0.2, -0.15) is 18.3 Å². The van der Waals surface area contributed by atoms with Crippen LogP contribution in [0.25, 0.3) is 5.69 Å². The van der Waals surface area contributed by atoms with Crippen LogP contribution < -0.4 is 15.6 Å². The number of alkyl halides is 3. The Bertz CT molecular complexity index is 1020. The summed E-state index contributed by atoms with van der Waals surface area (Å²) < 4.78 is 46.3. The van der Waals surface area contributed by atoms with Gasteiger partial charge in [0.2, 0.25) is 0 Å². The van der Waals surface area contributed by atoms with Gasteiger partial charge in [-0.3, -0.25) is 20.4 Å². The first kappa shape index (κ1) is 19.9. The van der Waals surface area contributed by atoms with Crippen molar-refractivity contribution in [2.24, 2.45) is 0 Å². The van der Waals surface area contributed by atoms with Crippen LogP contribution in [0, 0.1) is 0 Å². The number of carbonyl (C=O) groups excluding carboxylic acids is 2. The molecule has 2 aromatic carbocycles. The maximum atomic E-state index is 13.6. The van der Waals surface area contributed by atoms with Crippen molar-refractivity contribution in [3.05, 3.63) is 77.6 Å². The zero-order valence-corrected chi connectivity index (χ0v) is 15.0. The van der Waals surface area contributed by atoms with Gasteiger partial charge < -0.3 is 4.74 Å². The molecule has 7 nitrogen and oxygen atoms in total. The molecule has 0 aliphatic carbocycles. The summed E-state index contributed by atoms with van der Waals surface area (Å²) in [7, 11) is 1.46. The van der Waals surface area contributed by atoms with E-state index in [0.717, 1.165) is 6.20 Å². The molecule has 1 heterocycles. The maximum Gasteiger partial charge on any atom is 0.434 e. The van der Waals surface area contributed by atoms with Crippen LogP contribution in [0.4, 0.5) is 13.2 Å². The molecule has 0 atom stereocenters. The quantitative estimate of drug-likeness (QED) is 0.655. The molecule has 10 heteroatoms. The summed E-state index contributed by atoms with van der Waals surface area (Å²) in [5, 5.41) is 3.69. The van der Waals surface area contributed by atoms with Crippen molar-refractivity contribution in [1.29, 1.82) is 0 Å². The van der Waals surface area contributed by atoms with Crippen molar-refractivity contribution in [1.82, 2.24) is 20.6 Å². The summed E-state index contributed by atoms with van der Waals surface area (Å²) in [6.45, 7) is 0. The third-order valence-corrected chi connectivity index (χ3v) is 3.92. The van der Waals surface area contributed by atoms with Gasteiger partial charge in [-0.15, -0.1) is 0 Å². The average molecular weight is 404 g/mol. The highest BCUT2D eigenvalue weighted by Gasteiger charge is 2.40. The molecule has 0 saturated carbocycles. The second-order valence-corrected chi connectivity index (χ2v) is 5.79. The van der Waals surface area contributed by atoms with Gasteiger partial charge in [0.05, 0.1) is 24.6 Å². The standard InChI is InChI=1S/C19H15F3N4O3/c1-29-14-9-7-12(8-10-14)17(27)24-25-18(28)15-11-23-26(16(15)19(20,21)22)13-5-3-2-4-6-13/h2-11H,1H3,(H,24,27)(H,25,28). The maximum absolute atomic E-state index is 13.6. The minimum absolute atomic E-state index is 0.140. The fourth-order valence-corrected chi connectivity index (χ4v) is 2.55. The lowest BCUT2D eigenvalue weighted by Crippen LogP contribution is -2.42. The lowest BCUT2D eigenvalue weighted by molar-refractivity contribution is -0.143. The minimum atomic E-state index is -4.85. The number of hydrazine groups is 1. The first-order valence-corrected chi connectivity index (χ1v) is 8.26. The molecule has 0 bridgehead atoms. The highest BCUT2D eigenvalue weighted by Crippen LogP contribution is 2.33. The van der Waals surface area contributed by atoms with Crippen molar-refractivity contribution < 1.29 is 27.5 Å². The fraction of sp³-hybridized carbons (Fsp3) is 0.105. The predicted molar refractivity (Wildman–Crippen MR) is 96.5 cm³/mol. The lowest BCUT2D eigenvalue weighted by atomic mass is 10.2. The van der Waals surface area contributed by atoms with Gasteiger partial charge in [0.1, 0.15) is 5.75 Å². The number of ether oxygens (including phenoxy) is 1. The number of nitrogens with zero attached hydrogens (tertiary/aromatic N) is 2. The molecule has 0 spiro atoms. The number of benzene rings is 2. The van der Waals surface area contributed by atoms with Gasteiger partial charge in [-0.25, -0.2) is 4.68 Å². The summed E-state index contributed by atoms with van der Waals surface area (Å²) in [5.74, 6) is -1.33. The Labute approximate surface area is 163 Å². The van der Waals surface area contributed by atoms with E-state index in [1.807, 2.05) is 5.43 Å². The number of aromatic nitrogens is 2. The molecular formula is C19H15F3N4O3. The van der Waals surface area contributed by atoms with E-state index in [2.05, 4.69) is 10.5 Å². The van der Waals surface area contributed by atoms with Gasteiger partial charge in [0, 0.05) is 5.56 Å². The predicted octanol–water partition coefficient (Wildman–Crippen LogP) is 2.97. The highest BCUT2D eigenvalue weighted by atomic mass is 19.4. The number of nitrogens with one attached hydrogen (secondary N) is 2. The molecule has 3 rings (SSSR count). The molecule has 0 fully saturated rings. The van der Waals surface area contributed by atoms with E-state index in [4.69, 9.17) is 4.74 Å². The molecule has 0 aliphatic rings. The largest absolute Gasteiger partial charge is 0.497 e. The molecular weight excluding hydrogens is 389 g/mol. The third kappa shape index (κ3) is 4.37. The molecule has 29 heavy (non-hydrogen) atoms. The summed E-state index contributed by atoms with van der Waals surface area (Å²) in [6.07, 6.45) is -4.05. The van der Waals surface area contributed by atoms with Crippen molar-refractivity contribution in [2.75, 3.05) is 7.11 Å². The Kier molecular flexibility index (Phi) is 5.53. The number of rotatable bonds is 4. The van der Waals surface area contributed by atoms with Crippen LogP contribution in [-0.4, -0.2) is 28.7 Å². The van der Waals surface area contributed by atoms with Crippen molar-refractivity contribution in [2.45, 2.75) is 6.18 Å². The minimum Gasteiger partial charge on any atom is -0.497 e. The number of hydrogen-bond donors (Lipinski definition) is 2. The van der Waals surface area contributed by atoms with Gasteiger partial charge in [-0.05, 0) is 36.4 Å². The molecule has 0 radical (unpaired) electrons. The first-order valence-electron chi connectivity index (χ1n) is 8.26. The Morgan fingerprint density at radius 3 is 2.17 bits per heavy atom. The highest BCUT2D eigenvalue weighted by molar-refractivity contribution is 5.99. The molecule has 2 amide bonds. The molecule has 3 aromatic rings. The molecule has 150 valence electrons. The Morgan fingerprint density at radius 2 is 1.59 bits per heavy atom. The first-order chi connectivity index (χ1) is 13.8. The zero-order chi connectivity index (χ0) is 21.0. The van der Waals surface area contributed by atoms with Crippen LogP contribution in [0.1, 0.15) is 26.4 Å². The van der Waals surface area contributed by atoms with Gasteiger partial charge in [0.25, 0.3) is 11.8 Å². The monoisotopic (exact) mass is 404 g/mol. The number of hydrogen-bond acceptors (Lipinski definition) is 4. The summed E-state index contributed by atoms with van der Waals surface area (Å²) in [5.41, 5.74) is 2.41. The smallest absolute Gasteiger partial charge is 0.434 e. The van der Waals surface area contributed by atoms with Crippen LogP contribution in [0.15, 0.2) is 60.8 Å². The molecule has 1 aromatic heterocycles. The number of amides is 2. The van der Waals surface area contributed by atoms with Crippen molar-refractivity contribution in [3.8, 4) is 11.4 Å². The lowest BCUT2D eigenvalue weighted by Gasteiger charge is -2.13. The van der Waals surface area contributed by atoms with Crippen molar-refractivity contribution >= 4 is 11.8 Å². The van der Waals surface area contributed by atoms with E-state index in [1.54, 1.807) is 18.2 Å². The topological polar surface area (TPSA) is 85.2 Å². The fourth-order valence-electron chi connectivity index (χ4n) is 2.55. The normalized spacial score (nSPS) is 11.0. The Hall–Kier alpha value is -3.82. The van der Waals surface area contributed by atoms with Gasteiger partial charge >= 0.3 is 6.18 Å². The third-order valence-electron chi connectivity index (χ3n) is 3.92. The zero-order valence-electron chi connectivity index (χ0n) is 15.0. The Morgan fingerprint density at radius 1 is 0.966 bits per heavy atom. The summed E-state index contributed by atoms with van der Waals surface area (Å²) in [6, 6.07) is 13.5. The van der Waals surface area contributed by atoms with E-state index >= 15 is 0 Å². The Balaban J connectivity index is 1.80. The second-order valence-electron chi connectivity index (χ2n) is 5.79. The van der Waals surface area contributed by atoms with E-state index in [0.29, 0.717) is 10.4 Å². The number of halogens is 3. The SMILES string of the molecule is COc1ccc(C(=O)NNC(=O)c2cnn(-c3ccccc3)c2C(F)(F)F)cc1. The van der Waals surface area contributed by atoms with Crippen LogP contribution in [0.5, 0.6) is 5.75 Å². The van der Waals surface area contributed by atoms with Gasteiger partial charge in [0.15, 0.2) is 5.69 Å². The number of para-hydroxylation sites is 1. The van der Waals surface area contributed by atoms with Crippen LogP contribution in [0.2, 0.25) is 0 Å². The van der Waals surface area contributed by atoms with Crippen LogP contribution in [-0.2, 0) is 6.18 Å². The molecule has 0 unspecified atom stereocenters. The second kappa shape index (κ2) is 8.05. The molecule has 2 N–H and O–H groups in total. The molecule has 0 aliphatic heterocycles. The van der Waals surface area contributed by atoms with E-state index in [9.17, 15) is 22.8 Å². The number of carbonyl (C=O) groups is 2. The van der Waals surface area contributed by atoms with Crippen molar-refractivity contribution in [3.63, 3.8) is 0 Å². The summed E-state index contributed by atoms with van der Waals surface area (Å²) >= 11 is 0. The number of methoxy groups -OCH3 is 1. The van der Waals surface area contributed by atoms with E-state index in [-0.39, 0.29) is 11.3 Å².